The second-order valence-electron chi connectivity index (χ2n) is 5.22. The number of hydrogen-bond acceptors (Lipinski definition) is 2. The van der Waals surface area contributed by atoms with Crippen molar-refractivity contribution in [2.45, 2.75) is 51.5 Å². The second kappa shape index (κ2) is 5.86. The first-order valence-corrected chi connectivity index (χ1v) is 6.85. The fourth-order valence-corrected chi connectivity index (χ4v) is 3.18. The van der Waals surface area contributed by atoms with Crippen molar-refractivity contribution >= 4 is 0 Å². The molecule has 2 nitrogen and oxygen atoms in total. The van der Waals surface area contributed by atoms with Crippen molar-refractivity contribution in [2.24, 2.45) is 5.92 Å². The highest BCUT2D eigenvalue weighted by atomic mass is 15.2. The van der Waals surface area contributed by atoms with Gasteiger partial charge in [-0.1, -0.05) is 26.2 Å². The number of hydrogen-bond donors (Lipinski definition) is 1. The maximum atomic E-state index is 3.45. The zero-order valence-corrected chi connectivity index (χ0v) is 10.2. The third kappa shape index (κ3) is 3.18. The summed E-state index contributed by atoms with van der Waals surface area (Å²) in [6.45, 7) is 7.32. The Bertz CT molecular complexity index is 175. The van der Waals surface area contributed by atoms with Crippen LogP contribution in [-0.2, 0) is 0 Å². The molecule has 0 bridgehead atoms. The van der Waals surface area contributed by atoms with E-state index in [2.05, 4.69) is 17.1 Å². The van der Waals surface area contributed by atoms with E-state index in [9.17, 15) is 0 Å². The molecule has 15 heavy (non-hydrogen) atoms. The van der Waals surface area contributed by atoms with Crippen LogP contribution in [0.5, 0.6) is 0 Å². The Morgan fingerprint density at radius 3 is 2.60 bits per heavy atom. The maximum absolute atomic E-state index is 3.45. The Morgan fingerprint density at radius 2 is 1.87 bits per heavy atom. The first-order valence-electron chi connectivity index (χ1n) is 6.85. The third-order valence-electron chi connectivity index (χ3n) is 4.30. The van der Waals surface area contributed by atoms with Gasteiger partial charge in [-0.25, -0.2) is 0 Å². The van der Waals surface area contributed by atoms with E-state index in [1.165, 1.54) is 64.7 Å². The second-order valence-corrected chi connectivity index (χ2v) is 5.22. The van der Waals surface area contributed by atoms with Crippen LogP contribution in [0.1, 0.15) is 45.4 Å². The Hall–Kier alpha value is -0.0800. The molecule has 0 aromatic heterocycles. The highest BCUT2D eigenvalue weighted by Gasteiger charge is 2.23. The molecule has 1 heterocycles. The summed E-state index contributed by atoms with van der Waals surface area (Å²) in [5, 5.41) is 3.45. The molecule has 0 spiro atoms. The normalized spacial score (nSPS) is 35.0. The molecular formula is C13H26N2. The molecule has 1 aliphatic heterocycles. The van der Waals surface area contributed by atoms with Crippen LogP contribution in [0, 0.1) is 5.92 Å². The van der Waals surface area contributed by atoms with Crippen molar-refractivity contribution in [2.75, 3.05) is 26.2 Å². The first kappa shape index (κ1) is 11.4. The first-order chi connectivity index (χ1) is 7.40. The standard InChI is InChI=1S/C13H26N2/c1-2-12-4-3-5-13(7-6-12)15-10-8-14-9-11-15/h12-14H,2-11H2,1H3. The molecule has 2 rings (SSSR count). The Labute approximate surface area is 94.4 Å². The van der Waals surface area contributed by atoms with Gasteiger partial charge in [-0.05, 0) is 25.2 Å². The molecule has 0 radical (unpaired) electrons. The SMILES string of the molecule is CCC1CCCC(N2CCNCC2)CC1. The van der Waals surface area contributed by atoms with E-state index < -0.39 is 0 Å². The molecule has 88 valence electrons. The van der Waals surface area contributed by atoms with Crippen LogP contribution >= 0.6 is 0 Å². The molecule has 2 unspecified atom stereocenters. The summed E-state index contributed by atoms with van der Waals surface area (Å²) in [6.07, 6.45) is 8.74. The van der Waals surface area contributed by atoms with Crippen molar-refractivity contribution in [1.82, 2.24) is 10.2 Å². The monoisotopic (exact) mass is 210 g/mol. The fraction of sp³-hybridized carbons (Fsp3) is 1.00. The van der Waals surface area contributed by atoms with Gasteiger partial charge < -0.3 is 5.32 Å². The fourth-order valence-electron chi connectivity index (χ4n) is 3.18. The largest absolute Gasteiger partial charge is 0.314 e. The molecule has 0 aromatic rings. The number of nitrogens with zero attached hydrogens (tertiary/aromatic N) is 1. The third-order valence-corrected chi connectivity index (χ3v) is 4.30. The van der Waals surface area contributed by atoms with E-state index in [1.54, 1.807) is 0 Å². The van der Waals surface area contributed by atoms with Crippen molar-refractivity contribution in [1.29, 1.82) is 0 Å². The van der Waals surface area contributed by atoms with Gasteiger partial charge in [0.1, 0.15) is 0 Å². The highest BCUT2D eigenvalue weighted by molar-refractivity contribution is 4.80. The topological polar surface area (TPSA) is 15.3 Å². The van der Waals surface area contributed by atoms with E-state index in [0.717, 1.165) is 12.0 Å². The van der Waals surface area contributed by atoms with Gasteiger partial charge in [-0.15, -0.1) is 0 Å². The van der Waals surface area contributed by atoms with Crippen molar-refractivity contribution in [3.63, 3.8) is 0 Å². The zero-order valence-electron chi connectivity index (χ0n) is 10.2. The van der Waals surface area contributed by atoms with Crippen molar-refractivity contribution in [3.8, 4) is 0 Å². The highest BCUT2D eigenvalue weighted by Crippen LogP contribution is 2.28. The summed E-state index contributed by atoms with van der Waals surface area (Å²) in [4.78, 5) is 2.73. The van der Waals surface area contributed by atoms with Gasteiger partial charge >= 0.3 is 0 Å². The quantitative estimate of drug-likeness (QED) is 0.703. The molecular weight excluding hydrogens is 184 g/mol. The van der Waals surface area contributed by atoms with Crippen LogP contribution in [0.15, 0.2) is 0 Å². The lowest BCUT2D eigenvalue weighted by Crippen LogP contribution is -2.48. The number of piperazine rings is 1. The molecule has 2 heteroatoms. The summed E-state index contributed by atoms with van der Waals surface area (Å²) in [5.41, 5.74) is 0. The predicted molar refractivity (Wildman–Crippen MR) is 65.1 cm³/mol. The molecule has 1 aliphatic carbocycles. The van der Waals surface area contributed by atoms with Gasteiger partial charge in [-0.3, -0.25) is 4.90 Å². The predicted octanol–water partition coefficient (Wildman–Crippen LogP) is 2.25. The summed E-state index contributed by atoms with van der Waals surface area (Å²) in [5.74, 6) is 1.03. The van der Waals surface area contributed by atoms with Crippen LogP contribution in [0.4, 0.5) is 0 Å². The van der Waals surface area contributed by atoms with E-state index >= 15 is 0 Å². The zero-order chi connectivity index (χ0) is 10.5. The summed E-state index contributed by atoms with van der Waals surface area (Å²) >= 11 is 0. The molecule has 1 N–H and O–H groups in total. The van der Waals surface area contributed by atoms with E-state index in [0.29, 0.717) is 0 Å². The molecule has 0 aromatic carbocycles. The maximum Gasteiger partial charge on any atom is 0.0110 e. The van der Waals surface area contributed by atoms with Gasteiger partial charge in [0.15, 0.2) is 0 Å². The van der Waals surface area contributed by atoms with E-state index in [1.807, 2.05) is 0 Å². The van der Waals surface area contributed by atoms with Gasteiger partial charge in [-0.2, -0.15) is 0 Å². The molecule has 1 saturated carbocycles. The summed E-state index contributed by atoms with van der Waals surface area (Å²) in [7, 11) is 0. The lowest BCUT2D eigenvalue weighted by molar-refractivity contribution is 0.157. The van der Waals surface area contributed by atoms with Gasteiger partial charge in [0.25, 0.3) is 0 Å². The van der Waals surface area contributed by atoms with Gasteiger partial charge in [0.2, 0.25) is 0 Å². The van der Waals surface area contributed by atoms with Crippen LogP contribution < -0.4 is 5.32 Å². The lowest BCUT2D eigenvalue weighted by Gasteiger charge is -2.34. The minimum absolute atomic E-state index is 0.906. The average Bonchev–Trinajstić information content (AvgIpc) is 2.55. The van der Waals surface area contributed by atoms with Gasteiger partial charge in [0, 0.05) is 32.2 Å². The Morgan fingerprint density at radius 1 is 1.07 bits per heavy atom. The van der Waals surface area contributed by atoms with Crippen LogP contribution in [0.3, 0.4) is 0 Å². The Balaban J connectivity index is 1.81. The Kier molecular flexibility index (Phi) is 4.45. The molecule has 1 saturated heterocycles. The molecule has 2 fully saturated rings. The molecule has 0 amide bonds. The van der Waals surface area contributed by atoms with Crippen molar-refractivity contribution in [3.05, 3.63) is 0 Å². The van der Waals surface area contributed by atoms with Crippen LogP contribution in [-0.4, -0.2) is 37.1 Å². The minimum atomic E-state index is 0.906. The lowest BCUT2D eigenvalue weighted by atomic mass is 9.97. The molecule has 2 atom stereocenters. The number of nitrogens with one attached hydrogen (secondary N) is 1. The molecule has 2 aliphatic rings. The van der Waals surface area contributed by atoms with Crippen molar-refractivity contribution < 1.29 is 0 Å². The van der Waals surface area contributed by atoms with Gasteiger partial charge in [0.05, 0.1) is 0 Å². The van der Waals surface area contributed by atoms with Crippen LogP contribution in [0.2, 0.25) is 0 Å². The average molecular weight is 210 g/mol. The van der Waals surface area contributed by atoms with E-state index in [-0.39, 0.29) is 0 Å². The van der Waals surface area contributed by atoms with Crippen LogP contribution in [0.25, 0.3) is 0 Å². The van der Waals surface area contributed by atoms with E-state index in [4.69, 9.17) is 0 Å². The summed E-state index contributed by atoms with van der Waals surface area (Å²) < 4.78 is 0. The smallest absolute Gasteiger partial charge is 0.0110 e. The number of rotatable bonds is 2. The minimum Gasteiger partial charge on any atom is -0.314 e. The summed E-state index contributed by atoms with van der Waals surface area (Å²) in [6, 6.07) is 0.906.